The summed E-state index contributed by atoms with van der Waals surface area (Å²) >= 11 is 0. The second-order valence-electron chi connectivity index (χ2n) is 7.21. The standard InChI is InChI=1S/C18H24F3N3O/c19-18(20,21)13-24-9-6-14(11-24)10-22-16(25)23-12-17(7-8-17)15-4-2-1-3-5-15/h1-5,14H,6-13H2,(H2,22,23,25)/t14-/m0/s1. The van der Waals surface area contributed by atoms with Crippen LogP contribution in [0.4, 0.5) is 18.0 Å². The summed E-state index contributed by atoms with van der Waals surface area (Å²) in [6.07, 6.45) is -1.35. The van der Waals surface area contributed by atoms with Crippen LogP contribution in [0, 0.1) is 5.92 Å². The van der Waals surface area contributed by atoms with Gasteiger partial charge in [-0.2, -0.15) is 13.2 Å². The molecule has 1 saturated heterocycles. The minimum atomic E-state index is -4.16. The van der Waals surface area contributed by atoms with Gasteiger partial charge in [-0.15, -0.1) is 0 Å². The molecule has 1 heterocycles. The summed E-state index contributed by atoms with van der Waals surface area (Å²) in [5, 5.41) is 5.72. The molecule has 1 saturated carbocycles. The second-order valence-corrected chi connectivity index (χ2v) is 7.21. The molecule has 4 nitrogen and oxygen atoms in total. The lowest BCUT2D eigenvalue weighted by molar-refractivity contribution is -0.143. The number of halogens is 3. The zero-order chi connectivity index (χ0) is 17.9. The molecule has 2 fully saturated rings. The molecule has 1 aromatic carbocycles. The molecule has 0 unspecified atom stereocenters. The largest absolute Gasteiger partial charge is 0.401 e. The van der Waals surface area contributed by atoms with Crippen molar-refractivity contribution in [2.75, 3.05) is 32.7 Å². The number of rotatable bonds is 6. The van der Waals surface area contributed by atoms with Crippen molar-refractivity contribution in [2.45, 2.75) is 30.9 Å². The first-order valence-electron chi connectivity index (χ1n) is 8.73. The molecule has 0 bridgehead atoms. The van der Waals surface area contributed by atoms with Crippen molar-refractivity contribution in [3.05, 3.63) is 35.9 Å². The van der Waals surface area contributed by atoms with Gasteiger partial charge in [0.1, 0.15) is 0 Å². The third-order valence-electron chi connectivity index (χ3n) is 5.15. The highest BCUT2D eigenvalue weighted by Crippen LogP contribution is 2.47. The zero-order valence-corrected chi connectivity index (χ0v) is 14.1. The number of alkyl halides is 3. The quantitative estimate of drug-likeness (QED) is 0.824. The van der Waals surface area contributed by atoms with E-state index >= 15 is 0 Å². The van der Waals surface area contributed by atoms with Gasteiger partial charge < -0.3 is 10.6 Å². The van der Waals surface area contributed by atoms with Crippen LogP contribution in [0.25, 0.3) is 0 Å². The summed E-state index contributed by atoms with van der Waals surface area (Å²) in [5.41, 5.74) is 1.30. The maximum absolute atomic E-state index is 12.4. The predicted octanol–water partition coefficient (Wildman–Crippen LogP) is 2.90. The van der Waals surface area contributed by atoms with Crippen LogP contribution in [-0.2, 0) is 5.41 Å². The van der Waals surface area contributed by atoms with Gasteiger partial charge in [-0.1, -0.05) is 30.3 Å². The highest BCUT2D eigenvalue weighted by Gasteiger charge is 2.44. The number of urea groups is 1. The van der Waals surface area contributed by atoms with Gasteiger partial charge in [0.15, 0.2) is 0 Å². The molecule has 2 amide bonds. The molecule has 2 aliphatic rings. The Bertz CT molecular complexity index is 587. The van der Waals surface area contributed by atoms with Crippen molar-refractivity contribution in [3.8, 4) is 0 Å². The van der Waals surface area contributed by atoms with Crippen molar-refractivity contribution in [2.24, 2.45) is 5.92 Å². The Morgan fingerprint density at radius 2 is 1.92 bits per heavy atom. The van der Waals surface area contributed by atoms with Crippen molar-refractivity contribution in [3.63, 3.8) is 0 Å². The normalized spacial score (nSPS) is 22.6. The first kappa shape index (κ1) is 18.0. The number of benzene rings is 1. The molecule has 1 aromatic rings. The van der Waals surface area contributed by atoms with Crippen LogP contribution < -0.4 is 10.6 Å². The molecule has 25 heavy (non-hydrogen) atoms. The average Bonchev–Trinajstić information content (AvgIpc) is 3.24. The number of amides is 2. The van der Waals surface area contributed by atoms with E-state index in [-0.39, 0.29) is 17.4 Å². The lowest BCUT2D eigenvalue weighted by Gasteiger charge is -2.19. The Morgan fingerprint density at radius 3 is 2.56 bits per heavy atom. The minimum Gasteiger partial charge on any atom is -0.338 e. The van der Waals surface area contributed by atoms with Crippen LogP contribution in [0.1, 0.15) is 24.8 Å². The number of carbonyl (C=O) groups is 1. The van der Waals surface area contributed by atoms with Gasteiger partial charge in [-0.25, -0.2) is 4.79 Å². The van der Waals surface area contributed by atoms with Gasteiger partial charge in [0.25, 0.3) is 0 Å². The lowest BCUT2D eigenvalue weighted by Crippen LogP contribution is -2.42. The number of hydrogen-bond donors (Lipinski definition) is 2. The first-order chi connectivity index (χ1) is 11.9. The maximum atomic E-state index is 12.4. The molecule has 7 heteroatoms. The molecule has 3 rings (SSSR count). The van der Waals surface area contributed by atoms with Crippen LogP contribution >= 0.6 is 0 Å². The number of carbonyl (C=O) groups excluding carboxylic acids is 1. The Labute approximate surface area is 145 Å². The van der Waals surface area contributed by atoms with Gasteiger partial charge in [0, 0.05) is 25.0 Å². The maximum Gasteiger partial charge on any atom is 0.401 e. The highest BCUT2D eigenvalue weighted by atomic mass is 19.4. The van der Waals surface area contributed by atoms with E-state index in [1.165, 1.54) is 10.5 Å². The molecule has 0 spiro atoms. The Hall–Kier alpha value is -1.76. The van der Waals surface area contributed by atoms with Crippen molar-refractivity contribution < 1.29 is 18.0 Å². The fourth-order valence-electron chi connectivity index (χ4n) is 3.54. The Morgan fingerprint density at radius 1 is 1.20 bits per heavy atom. The van der Waals surface area contributed by atoms with E-state index < -0.39 is 12.7 Å². The molecule has 1 aliphatic carbocycles. The smallest absolute Gasteiger partial charge is 0.338 e. The summed E-state index contributed by atoms with van der Waals surface area (Å²) in [6.45, 7) is 0.958. The fraction of sp³-hybridized carbons (Fsp3) is 0.611. The van der Waals surface area contributed by atoms with E-state index in [1.807, 2.05) is 18.2 Å². The van der Waals surface area contributed by atoms with Gasteiger partial charge >= 0.3 is 12.2 Å². The monoisotopic (exact) mass is 355 g/mol. The Kier molecular flexibility index (Phi) is 5.22. The van der Waals surface area contributed by atoms with E-state index in [2.05, 4.69) is 22.8 Å². The second kappa shape index (κ2) is 7.23. The fourth-order valence-corrected chi connectivity index (χ4v) is 3.54. The SMILES string of the molecule is O=C(NC[C@@H]1CCN(CC(F)(F)F)C1)NCC1(c2ccccc2)CC1. The highest BCUT2D eigenvalue weighted by molar-refractivity contribution is 5.74. The molecular weight excluding hydrogens is 331 g/mol. The molecule has 0 radical (unpaired) electrons. The predicted molar refractivity (Wildman–Crippen MR) is 89.4 cm³/mol. The lowest BCUT2D eigenvalue weighted by atomic mass is 9.96. The van der Waals surface area contributed by atoms with E-state index in [4.69, 9.17) is 0 Å². The average molecular weight is 355 g/mol. The van der Waals surface area contributed by atoms with Crippen LogP contribution in [-0.4, -0.2) is 49.8 Å². The molecule has 138 valence electrons. The third-order valence-corrected chi connectivity index (χ3v) is 5.15. The number of nitrogens with one attached hydrogen (secondary N) is 2. The number of likely N-dealkylation sites (tertiary alicyclic amines) is 1. The summed E-state index contributed by atoms with van der Waals surface area (Å²) in [5.74, 6) is 0.0807. The van der Waals surface area contributed by atoms with Gasteiger partial charge in [-0.3, -0.25) is 4.90 Å². The van der Waals surface area contributed by atoms with Crippen LogP contribution in [0.3, 0.4) is 0 Å². The zero-order valence-electron chi connectivity index (χ0n) is 14.1. The minimum absolute atomic E-state index is 0.0511. The molecule has 1 atom stereocenters. The van der Waals surface area contributed by atoms with Crippen molar-refractivity contribution in [1.29, 1.82) is 0 Å². The molecule has 2 N–H and O–H groups in total. The first-order valence-corrected chi connectivity index (χ1v) is 8.73. The van der Waals surface area contributed by atoms with E-state index in [0.29, 0.717) is 32.6 Å². The topological polar surface area (TPSA) is 44.4 Å². The summed E-state index contributed by atoms with van der Waals surface area (Å²) in [7, 11) is 0. The van der Waals surface area contributed by atoms with Gasteiger partial charge in [0.2, 0.25) is 0 Å². The van der Waals surface area contributed by atoms with Crippen molar-refractivity contribution >= 4 is 6.03 Å². The van der Waals surface area contributed by atoms with Crippen LogP contribution in [0.5, 0.6) is 0 Å². The van der Waals surface area contributed by atoms with Crippen LogP contribution in [0.2, 0.25) is 0 Å². The molecule has 1 aliphatic heterocycles. The summed E-state index contributed by atoms with van der Waals surface area (Å²) < 4.78 is 37.2. The van der Waals surface area contributed by atoms with E-state index in [0.717, 1.165) is 12.8 Å². The molecule has 0 aromatic heterocycles. The van der Waals surface area contributed by atoms with Crippen molar-refractivity contribution in [1.82, 2.24) is 15.5 Å². The van der Waals surface area contributed by atoms with E-state index in [9.17, 15) is 18.0 Å². The van der Waals surface area contributed by atoms with Gasteiger partial charge in [0.05, 0.1) is 6.54 Å². The third kappa shape index (κ3) is 5.11. The summed E-state index contributed by atoms with van der Waals surface area (Å²) in [4.78, 5) is 13.4. The summed E-state index contributed by atoms with van der Waals surface area (Å²) in [6, 6.07) is 9.91. The Balaban J connectivity index is 1.37. The number of hydrogen-bond acceptors (Lipinski definition) is 2. The number of nitrogens with zero attached hydrogens (tertiary/aromatic N) is 1. The van der Waals surface area contributed by atoms with Crippen LogP contribution in [0.15, 0.2) is 30.3 Å². The van der Waals surface area contributed by atoms with Gasteiger partial charge in [-0.05, 0) is 37.3 Å². The van der Waals surface area contributed by atoms with E-state index in [1.54, 1.807) is 0 Å². The molecular formula is C18H24F3N3O.